The maximum absolute atomic E-state index is 13.0. The smallest absolute Gasteiger partial charge is 0.408 e. The van der Waals surface area contributed by atoms with Crippen LogP contribution in [0.1, 0.15) is 58.9 Å². The van der Waals surface area contributed by atoms with Gasteiger partial charge in [0.15, 0.2) is 11.5 Å². The van der Waals surface area contributed by atoms with E-state index in [4.69, 9.17) is 14.2 Å². The van der Waals surface area contributed by atoms with Crippen molar-refractivity contribution in [2.75, 3.05) is 20.8 Å². The molecule has 0 aliphatic carbocycles. The summed E-state index contributed by atoms with van der Waals surface area (Å²) >= 11 is 0. The van der Waals surface area contributed by atoms with Crippen LogP contribution in [0.15, 0.2) is 18.2 Å². The first-order chi connectivity index (χ1) is 14.1. The minimum atomic E-state index is -0.624. The van der Waals surface area contributed by atoms with Gasteiger partial charge in [-0.1, -0.05) is 6.07 Å². The Balaban J connectivity index is 1.98. The van der Waals surface area contributed by atoms with Crippen molar-refractivity contribution in [2.45, 2.75) is 77.5 Å². The minimum absolute atomic E-state index is 0.0575. The van der Waals surface area contributed by atoms with Crippen molar-refractivity contribution in [2.24, 2.45) is 0 Å². The Morgan fingerprint density at radius 1 is 1.17 bits per heavy atom. The van der Waals surface area contributed by atoms with Crippen LogP contribution in [-0.2, 0) is 16.0 Å². The molecule has 7 heteroatoms. The van der Waals surface area contributed by atoms with Gasteiger partial charge in [-0.2, -0.15) is 0 Å². The molecule has 0 spiro atoms. The van der Waals surface area contributed by atoms with E-state index >= 15 is 0 Å². The molecule has 2 amide bonds. The number of ether oxygens (including phenoxy) is 3. The highest BCUT2D eigenvalue weighted by molar-refractivity contribution is 5.85. The number of likely N-dealkylation sites (tertiary alicyclic amines) is 1. The Morgan fingerprint density at radius 3 is 2.50 bits per heavy atom. The number of hydrogen-bond acceptors (Lipinski definition) is 5. The summed E-state index contributed by atoms with van der Waals surface area (Å²) in [6, 6.07) is 5.46. The molecule has 1 aliphatic heterocycles. The highest BCUT2D eigenvalue weighted by atomic mass is 16.6. The number of carbonyl (C=O) groups is 2. The van der Waals surface area contributed by atoms with Gasteiger partial charge >= 0.3 is 6.09 Å². The number of aryl methyl sites for hydroxylation is 1. The number of methoxy groups -OCH3 is 2. The zero-order chi connectivity index (χ0) is 22.3. The van der Waals surface area contributed by atoms with Crippen molar-refractivity contribution in [1.82, 2.24) is 10.2 Å². The summed E-state index contributed by atoms with van der Waals surface area (Å²) in [5.41, 5.74) is 0.547. The number of nitrogens with one attached hydrogen (secondary N) is 1. The van der Waals surface area contributed by atoms with Gasteiger partial charge in [-0.15, -0.1) is 0 Å². The number of benzene rings is 1. The molecule has 1 N–H and O–H groups in total. The molecule has 1 aliphatic rings. The molecule has 7 nitrogen and oxygen atoms in total. The second-order valence-corrected chi connectivity index (χ2v) is 8.78. The molecule has 0 saturated carbocycles. The zero-order valence-electron chi connectivity index (χ0n) is 19.1. The molecule has 1 heterocycles. The average Bonchev–Trinajstić information content (AvgIpc) is 2.70. The van der Waals surface area contributed by atoms with Gasteiger partial charge in [0, 0.05) is 12.6 Å². The third-order valence-corrected chi connectivity index (χ3v) is 5.23. The number of carbonyl (C=O) groups excluding carboxylic acids is 2. The lowest BCUT2D eigenvalue weighted by atomic mass is 9.95. The molecule has 1 aromatic rings. The lowest BCUT2D eigenvalue weighted by molar-refractivity contribution is -0.136. The number of rotatable bonds is 7. The van der Waals surface area contributed by atoms with Crippen LogP contribution in [0.25, 0.3) is 0 Å². The van der Waals surface area contributed by atoms with Crippen molar-refractivity contribution in [3.05, 3.63) is 23.8 Å². The first kappa shape index (κ1) is 23.8. The Bertz CT molecular complexity index is 729. The van der Waals surface area contributed by atoms with Crippen LogP contribution in [0.2, 0.25) is 0 Å². The highest BCUT2D eigenvalue weighted by Gasteiger charge is 2.31. The zero-order valence-corrected chi connectivity index (χ0v) is 19.1. The molecule has 2 rings (SSSR count). The summed E-state index contributed by atoms with van der Waals surface area (Å²) in [6.07, 6.45) is 4.19. The molecular weight excluding hydrogens is 384 g/mol. The number of hydrogen-bond donors (Lipinski definition) is 1. The molecule has 2 atom stereocenters. The van der Waals surface area contributed by atoms with E-state index in [1.54, 1.807) is 41.9 Å². The number of piperidine rings is 1. The molecular formula is C23H36N2O5. The van der Waals surface area contributed by atoms with Gasteiger partial charge in [0.1, 0.15) is 11.6 Å². The topological polar surface area (TPSA) is 77.1 Å². The van der Waals surface area contributed by atoms with Crippen LogP contribution in [0.4, 0.5) is 4.79 Å². The summed E-state index contributed by atoms with van der Waals surface area (Å²) < 4.78 is 16.0. The van der Waals surface area contributed by atoms with E-state index in [0.29, 0.717) is 11.5 Å². The maximum atomic E-state index is 13.0. The molecule has 0 bridgehead atoms. The van der Waals surface area contributed by atoms with Crippen LogP contribution >= 0.6 is 0 Å². The Hall–Kier alpha value is -2.44. The van der Waals surface area contributed by atoms with Crippen molar-refractivity contribution in [1.29, 1.82) is 0 Å². The van der Waals surface area contributed by atoms with Crippen molar-refractivity contribution < 1.29 is 23.8 Å². The molecule has 2 unspecified atom stereocenters. The van der Waals surface area contributed by atoms with E-state index in [1.807, 2.05) is 23.1 Å². The van der Waals surface area contributed by atoms with Crippen molar-refractivity contribution in [3.63, 3.8) is 0 Å². The van der Waals surface area contributed by atoms with Crippen LogP contribution in [-0.4, -0.2) is 55.3 Å². The van der Waals surface area contributed by atoms with E-state index in [0.717, 1.165) is 44.2 Å². The van der Waals surface area contributed by atoms with Crippen LogP contribution in [0.3, 0.4) is 0 Å². The van der Waals surface area contributed by atoms with Gasteiger partial charge in [0.05, 0.1) is 14.2 Å². The monoisotopic (exact) mass is 420 g/mol. The normalized spacial score (nSPS) is 17.8. The summed E-state index contributed by atoms with van der Waals surface area (Å²) in [6.45, 7) is 7.83. The molecule has 1 saturated heterocycles. The maximum Gasteiger partial charge on any atom is 0.408 e. The Morgan fingerprint density at radius 2 is 1.87 bits per heavy atom. The quantitative estimate of drug-likeness (QED) is 0.723. The SMILES string of the molecule is COc1ccc(CCC2CCCCN2C(=O)C(C)NC(=O)OC(C)(C)C)cc1OC. The second-order valence-electron chi connectivity index (χ2n) is 8.78. The molecule has 30 heavy (non-hydrogen) atoms. The molecule has 0 radical (unpaired) electrons. The molecule has 1 aromatic carbocycles. The van der Waals surface area contributed by atoms with E-state index in [-0.39, 0.29) is 11.9 Å². The molecule has 0 aromatic heterocycles. The van der Waals surface area contributed by atoms with E-state index < -0.39 is 17.7 Å². The third-order valence-electron chi connectivity index (χ3n) is 5.23. The van der Waals surface area contributed by atoms with Gasteiger partial charge in [-0.05, 0) is 77.5 Å². The predicted molar refractivity (Wildman–Crippen MR) is 116 cm³/mol. The number of amides is 2. The second kappa shape index (κ2) is 10.5. The van der Waals surface area contributed by atoms with Crippen LogP contribution in [0, 0.1) is 0 Å². The van der Waals surface area contributed by atoms with Gasteiger partial charge in [0.2, 0.25) is 5.91 Å². The number of alkyl carbamates (subject to hydrolysis) is 1. The summed E-state index contributed by atoms with van der Waals surface area (Å²) in [5, 5.41) is 2.67. The summed E-state index contributed by atoms with van der Waals surface area (Å²) in [4.78, 5) is 27.0. The van der Waals surface area contributed by atoms with Gasteiger partial charge in [-0.25, -0.2) is 4.79 Å². The average molecular weight is 421 g/mol. The molecule has 168 valence electrons. The van der Waals surface area contributed by atoms with Gasteiger partial charge in [-0.3, -0.25) is 4.79 Å². The minimum Gasteiger partial charge on any atom is -0.493 e. The standard InChI is InChI=1S/C23H36N2O5/c1-16(24-22(27)30-23(2,3)4)21(26)25-14-8-7-9-18(25)12-10-17-11-13-19(28-5)20(15-17)29-6/h11,13,15-16,18H,7-10,12,14H2,1-6H3,(H,24,27). The Labute approximate surface area is 180 Å². The largest absolute Gasteiger partial charge is 0.493 e. The Kier molecular flexibility index (Phi) is 8.38. The van der Waals surface area contributed by atoms with E-state index in [2.05, 4.69) is 5.32 Å². The van der Waals surface area contributed by atoms with Gasteiger partial charge < -0.3 is 24.4 Å². The fourth-order valence-electron chi connectivity index (χ4n) is 3.76. The van der Waals surface area contributed by atoms with E-state index in [1.165, 1.54) is 0 Å². The predicted octanol–water partition coefficient (Wildman–Crippen LogP) is 3.93. The van der Waals surface area contributed by atoms with Gasteiger partial charge in [0.25, 0.3) is 0 Å². The fraction of sp³-hybridized carbons (Fsp3) is 0.652. The number of nitrogens with zero attached hydrogens (tertiary/aromatic N) is 1. The van der Waals surface area contributed by atoms with Crippen molar-refractivity contribution in [3.8, 4) is 11.5 Å². The first-order valence-corrected chi connectivity index (χ1v) is 10.7. The highest BCUT2D eigenvalue weighted by Crippen LogP contribution is 2.29. The van der Waals surface area contributed by atoms with Crippen LogP contribution < -0.4 is 14.8 Å². The first-order valence-electron chi connectivity index (χ1n) is 10.7. The summed E-state index contributed by atoms with van der Waals surface area (Å²) in [5.74, 6) is 1.36. The van der Waals surface area contributed by atoms with E-state index in [9.17, 15) is 9.59 Å². The lowest BCUT2D eigenvalue weighted by Gasteiger charge is -2.37. The molecule has 1 fully saturated rings. The van der Waals surface area contributed by atoms with Crippen LogP contribution in [0.5, 0.6) is 11.5 Å². The summed E-state index contributed by atoms with van der Waals surface area (Å²) in [7, 11) is 3.25. The van der Waals surface area contributed by atoms with Crippen molar-refractivity contribution >= 4 is 12.0 Å². The fourth-order valence-corrected chi connectivity index (χ4v) is 3.76. The third kappa shape index (κ3) is 6.82. The lowest BCUT2D eigenvalue weighted by Crippen LogP contribution is -2.53.